The van der Waals surface area contributed by atoms with Gasteiger partial charge < -0.3 is 11.1 Å². The van der Waals surface area contributed by atoms with E-state index in [1.165, 1.54) is 12.1 Å². The third-order valence-electron chi connectivity index (χ3n) is 3.08. The number of nitrogens with one attached hydrogen (secondary N) is 1. The van der Waals surface area contributed by atoms with Gasteiger partial charge in [-0.1, -0.05) is 23.8 Å². The fourth-order valence-corrected chi connectivity index (χ4v) is 2.38. The van der Waals surface area contributed by atoms with Crippen LogP contribution >= 0.6 is 11.6 Å². The van der Waals surface area contributed by atoms with Crippen LogP contribution in [0.2, 0.25) is 5.02 Å². The van der Waals surface area contributed by atoms with E-state index in [4.69, 9.17) is 17.3 Å². The van der Waals surface area contributed by atoms with Gasteiger partial charge in [-0.3, -0.25) is 9.59 Å². The molecule has 0 bridgehead atoms. The van der Waals surface area contributed by atoms with Gasteiger partial charge in [0.05, 0.1) is 10.6 Å². The molecule has 0 radical (unpaired) electrons. The van der Waals surface area contributed by atoms with Gasteiger partial charge in [0.25, 0.3) is 0 Å². The van der Waals surface area contributed by atoms with E-state index in [0.717, 1.165) is 12.8 Å². The molecular weight excluding hydrogens is 264 g/mol. The normalized spacial score (nSPS) is 17.4. The van der Waals surface area contributed by atoms with Gasteiger partial charge in [-0.15, -0.1) is 0 Å². The second-order valence-corrected chi connectivity index (χ2v) is 4.98. The van der Waals surface area contributed by atoms with Crippen LogP contribution in [0.5, 0.6) is 0 Å². The van der Waals surface area contributed by atoms with E-state index in [1.807, 2.05) is 0 Å². The Kier molecular flexibility index (Phi) is 4.22. The van der Waals surface area contributed by atoms with E-state index in [1.54, 1.807) is 6.07 Å². The van der Waals surface area contributed by atoms with Gasteiger partial charge in [0.15, 0.2) is 0 Å². The highest BCUT2D eigenvalue weighted by molar-refractivity contribution is 6.34. The Morgan fingerprint density at radius 1 is 1.42 bits per heavy atom. The Morgan fingerprint density at radius 2 is 2.21 bits per heavy atom. The molecular formula is C14H15ClN2O2. The van der Waals surface area contributed by atoms with Gasteiger partial charge in [0.2, 0.25) is 11.8 Å². The summed E-state index contributed by atoms with van der Waals surface area (Å²) in [6.07, 6.45) is 6.69. The maximum Gasteiger partial charge on any atom is 0.250 e. The molecule has 0 fully saturated rings. The first-order chi connectivity index (χ1) is 9.06. The first-order valence-electron chi connectivity index (χ1n) is 6.12. The number of allylic oxidation sites excluding steroid dienone is 2. The molecule has 2 amide bonds. The number of benzene rings is 1. The number of anilines is 1. The van der Waals surface area contributed by atoms with Crippen LogP contribution in [0, 0.1) is 5.92 Å². The van der Waals surface area contributed by atoms with Crippen molar-refractivity contribution in [3.63, 3.8) is 0 Å². The Bertz CT molecular complexity index is 540. The number of nitrogens with two attached hydrogens (primary N) is 1. The molecule has 0 aromatic heterocycles. The molecule has 0 saturated heterocycles. The summed E-state index contributed by atoms with van der Waals surface area (Å²) in [5, 5.41) is 3.01. The van der Waals surface area contributed by atoms with E-state index < -0.39 is 5.91 Å². The van der Waals surface area contributed by atoms with Gasteiger partial charge in [-0.25, -0.2) is 0 Å². The van der Waals surface area contributed by atoms with E-state index in [0.29, 0.717) is 18.0 Å². The van der Waals surface area contributed by atoms with E-state index in [-0.39, 0.29) is 16.5 Å². The van der Waals surface area contributed by atoms with Crippen LogP contribution in [0.1, 0.15) is 29.6 Å². The quantitative estimate of drug-likeness (QED) is 0.831. The molecule has 0 aliphatic heterocycles. The number of carbonyl (C=O) groups excluding carboxylic acids is 2. The lowest BCUT2D eigenvalue weighted by molar-refractivity contribution is -0.116. The largest absolute Gasteiger partial charge is 0.366 e. The SMILES string of the molecule is NC(=O)c1ccc(NC(=O)CC2C=CCC2)cc1Cl. The van der Waals surface area contributed by atoms with Crippen molar-refractivity contribution in [3.8, 4) is 0 Å². The Balaban J connectivity index is 1.98. The standard InChI is InChI=1S/C14H15ClN2O2/c15-12-8-10(5-6-11(12)14(16)19)17-13(18)7-9-3-1-2-4-9/h1,3,5-6,8-9H,2,4,7H2,(H2,16,19)(H,17,18). The second-order valence-electron chi connectivity index (χ2n) is 4.58. The molecule has 100 valence electrons. The maximum absolute atomic E-state index is 11.8. The van der Waals surface area contributed by atoms with Crippen molar-refractivity contribution in [2.24, 2.45) is 11.7 Å². The van der Waals surface area contributed by atoms with Crippen molar-refractivity contribution >= 4 is 29.1 Å². The van der Waals surface area contributed by atoms with Crippen LogP contribution in [0.15, 0.2) is 30.4 Å². The fourth-order valence-electron chi connectivity index (χ4n) is 2.11. The maximum atomic E-state index is 11.8. The predicted molar refractivity (Wildman–Crippen MR) is 75.1 cm³/mol. The van der Waals surface area contributed by atoms with E-state index in [9.17, 15) is 9.59 Å². The smallest absolute Gasteiger partial charge is 0.250 e. The van der Waals surface area contributed by atoms with Crippen LogP contribution in [-0.4, -0.2) is 11.8 Å². The van der Waals surface area contributed by atoms with Crippen molar-refractivity contribution in [1.82, 2.24) is 0 Å². The zero-order chi connectivity index (χ0) is 13.8. The van der Waals surface area contributed by atoms with Gasteiger partial charge in [-0.2, -0.15) is 0 Å². The van der Waals surface area contributed by atoms with Crippen LogP contribution in [0.3, 0.4) is 0 Å². The van der Waals surface area contributed by atoms with Crippen LogP contribution in [-0.2, 0) is 4.79 Å². The molecule has 0 saturated carbocycles. The van der Waals surface area contributed by atoms with E-state index in [2.05, 4.69) is 17.5 Å². The zero-order valence-corrected chi connectivity index (χ0v) is 11.1. The first-order valence-corrected chi connectivity index (χ1v) is 6.50. The molecule has 1 aromatic rings. The summed E-state index contributed by atoms with van der Waals surface area (Å²) in [5.74, 6) is -0.321. The molecule has 4 nitrogen and oxygen atoms in total. The van der Waals surface area contributed by atoms with Crippen molar-refractivity contribution in [2.75, 3.05) is 5.32 Å². The Morgan fingerprint density at radius 3 is 2.79 bits per heavy atom. The minimum Gasteiger partial charge on any atom is -0.366 e. The molecule has 2 rings (SSSR count). The molecule has 1 aromatic carbocycles. The Labute approximate surface area is 116 Å². The first kappa shape index (κ1) is 13.6. The minimum absolute atomic E-state index is 0.0561. The summed E-state index contributed by atoms with van der Waals surface area (Å²) in [4.78, 5) is 22.8. The Hall–Kier alpha value is -1.81. The number of primary amides is 1. The lowest BCUT2D eigenvalue weighted by Gasteiger charge is -2.09. The van der Waals surface area contributed by atoms with E-state index >= 15 is 0 Å². The molecule has 1 unspecified atom stereocenters. The number of carbonyl (C=O) groups is 2. The highest BCUT2D eigenvalue weighted by Crippen LogP contribution is 2.23. The molecule has 1 aliphatic rings. The summed E-state index contributed by atoms with van der Waals surface area (Å²) in [6.45, 7) is 0. The van der Waals surface area contributed by atoms with Gasteiger partial charge in [-0.05, 0) is 37.0 Å². The van der Waals surface area contributed by atoms with Gasteiger partial charge in [0, 0.05) is 12.1 Å². The van der Waals surface area contributed by atoms with Crippen molar-refractivity contribution < 1.29 is 9.59 Å². The molecule has 0 heterocycles. The number of amides is 2. The van der Waals surface area contributed by atoms with Crippen LogP contribution < -0.4 is 11.1 Å². The zero-order valence-electron chi connectivity index (χ0n) is 10.4. The van der Waals surface area contributed by atoms with Gasteiger partial charge in [0.1, 0.15) is 0 Å². The fraction of sp³-hybridized carbons (Fsp3) is 0.286. The third kappa shape index (κ3) is 3.58. The molecule has 5 heteroatoms. The molecule has 3 N–H and O–H groups in total. The molecule has 0 spiro atoms. The summed E-state index contributed by atoms with van der Waals surface area (Å²) < 4.78 is 0. The average molecular weight is 279 g/mol. The summed E-state index contributed by atoms with van der Waals surface area (Å²) in [6, 6.07) is 4.66. The van der Waals surface area contributed by atoms with Crippen molar-refractivity contribution in [1.29, 1.82) is 0 Å². The van der Waals surface area contributed by atoms with Crippen molar-refractivity contribution in [2.45, 2.75) is 19.3 Å². The van der Waals surface area contributed by atoms with Crippen LogP contribution in [0.4, 0.5) is 5.69 Å². The highest BCUT2D eigenvalue weighted by Gasteiger charge is 2.14. The summed E-state index contributed by atoms with van der Waals surface area (Å²) in [7, 11) is 0. The van der Waals surface area contributed by atoms with Crippen LogP contribution in [0.25, 0.3) is 0 Å². The second kappa shape index (κ2) is 5.89. The number of rotatable bonds is 4. The van der Waals surface area contributed by atoms with Gasteiger partial charge >= 0.3 is 0 Å². The lowest BCUT2D eigenvalue weighted by atomic mass is 10.0. The molecule has 1 aliphatic carbocycles. The summed E-state index contributed by atoms with van der Waals surface area (Å²) >= 11 is 5.91. The number of hydrogen-bond donors (Lipinski definition) is 2. The number of hydrogen-bond acceptors (Lipinski definition) is 2. The molecule has 19 heavy (non-hydrogen) atoms. The minimum atomic E-state index is -0.584. The topological polar surface area (TPSA) is 72.2 Å². The lowest BCUT2D eigenvalue weighted by Crippen LogP contribution is -2.15. The average Bonchev–Trinajstić information content (AvgIpc) is 2.81. The summed E-state index contributed by atoms with van der Waals surface area (Å²) in [5.41, 5.74) is 5.98. The molecule has 1 atom stereocenters. The third-order valence-corrected chi connectivity index (χ3v) is 3.39. The highest BCUT2D eigenvalue weighted by atomic mass is 35.5. The monoisotopic (exact) mass is 278 g/mol. The predicted octanol–water partition coefficient (Wildman–Crippen LogP) is 2.73. The number of halogens is 1. The van der Waals surface area contributed by atoms with Crippen molar-refractivity contribution in [3.05, 3.63) is 40.9 Å².